The third-order valence-electron chi connectivity index (χ3n) is 3.32. The number of hydrogen-bond donors (Lipinski definition) is 2. The van der Waals surface area contributed by atoms with Gasteiger partial charge in [-0.3, -0.25) is 0 Å². The summed E-state index contributed by atoms with van der Waals surface area (Å²) < 4.78 is 10.7. The van der Waals surface area contributed by atoms with Crippen molar-refractivity contribution in [2.75, 3.05) is 33.4 Å². The maximum atomic E-state index is 11.4. The van der Waals surface area contributed by atoms with Gasteiger partial charge in [0, 0.05) is 33.4 Å². The molecule has 1 rings (SSSR count). The van der Waals surface area contributed by atoms with E-state index in [9.17, 15) is 4.79 Å². The van der Waals surface area contributed by atoms with E-state index in [4.69, 9.17) is 9.47 Å². The lowest BCUT2D eigenvalue weighted by atomic mass is 9.98. The molecule has 0 aromatic carbocycles. The third-order valence-corrected chi connectivity index (χ3v) is 3.32. The van der Waals surface area contributed by atoms with E-state index in [0.717, 1.165) is 19.4 Å². The summed E-state index contributed by atoms with van der Waals surface area (Å²) in [5.41, 5.74) is 0. The van der Waals surface area contributed by atoms with Gasteiger partial charge in [-0.05, 0) is 25.7 Å². The first-order valence-electron chi connectivity index (χ1n) is 7.45. The highest BCUT2D eigenvalue weighted by Gasteiger charge is 2.12. The van der Waals surface area contributed by atoms with Crippen LogP contribution in [0.2, 0.25) is 0 Å². The van der Waals surface area contributed by atoms with Crippen LogP contribution in [0.25, 0.3) is 0 Å². The monoisotopic (exact) mass is 272 g/mol. The molecule has 2 N–H and O–H groups in total. The smallest absolute Gasteiger partial charge is 0.314 e. The first kappa shape index (κ1) is 16.2. The highest BCUT2D eigenvalue weighted by Crippen LogP contribution is 2.20. The van der Waals surface area contributed by atoms with Gasteiger partial charge in [0.15, 0.2) is 0 Å². The Hall–Kier alpha value is -0.810. The molecule has 1 aliphatic rings. The Bertz CT molecular complexity index is 231. The lowest BCUT2D eigenvalue weighted by Crippen LogP contribution is -2.37. The van der Waals surface area contributed by atoms with E-state index in [2.05, 4.69) is 10.6 Å². The molecule has 0 aromatic heterocycles. The fraction of sp³-hybridized carbons (Fsp3) is 0.929. The number of methoxy groups -OCH3 is 1. The summed E-state index contributed by atoms with van der Waals surface area (Å²) in [5.74, 6) is 0. The molecule has 0 aliphatic heterocycles. The molecule has 0 unspecified atom stereocenters. The summed E-state index contributed by atoms with van der Waals surface area (Å²) in [6.07, 6.45) is 8.53. The molecule has 19 heavy (non-hydrogen) atoms. The van der Waals surface area contributed by atoms with Crippen molar-refractivity contribution in [1.29, 1.82) is 0 Å². The van der Waals surface area contributed by atoms with Crippen LogP contribution in [0, 0.1) is 0 Å². The molecule has 2 amide bonds. The predicted molar refractivity (Wildman–Crippen MR) is 75.3 cm³/mol. The molecule has 0 spiro atoms. The molecule has 0 aromatic rings. The van der Waals surface area contributed by atoms with Crippen molar-refractivity contribution in [2.45, 2.75) is 51.0 Å². The van der Waals surface area contributed by atoms with E-state index in [0.29, 0.717) is 25.8 Å². The predicted octanol–water partition coefficient (Wildman–Crippen LogP) is 2.06. The van der Waals surface area contributed by atoms with Crippen molar-refractivity contribution in [2.24, 2.45) is 0 Å². The van der Waals surface area contributed by atoms with Gasteiger partial charge < -0.3 is 20.1 Å². The highest BCUT2D eigenvalue weighted by atomic mass is 16.5. The molecular weight excluding hydrogens is 244 g/mol. The molecule has 1 aliphatic carbocycles. The van der Waals surface area contributed by atoms with Crippen LogP contribution in [-0.2, 0) is 9.47 Å². The van der Waals surface area contributed by atoms with Crippen molar-refractivity contribution >= 4 is 6.03 Å². The minimum Gasteiger partial charge on any atom is -0.385 e. The van der Waals surface area contributed by atoms with Gasteiger partial charge in [-0.1, -0.05) is 19.3 Å². The van der Waals surface area contributed by atoms with Gasteiger partial charge in [-0.2, -0.15) is 0 Å². The van der Waals surface area contributed by atoms with Crippen molar-refractivity contribution in [3.8, 4) is 0 Å². The molecule has 5 heteroatoms. The standard InChI is InChI=1S/C14H28N2O3/c1-18-11-5-9-15-14(17)16-10-6-12-19-13-7-3-2-4-8-13/h13H,2-12H2,1H3,(H2,15,16,17). The van der Waals surface area contributed by atoms with E-state index in [1.54, 1.807) is 7.11 Å². The zero-order valence-corrected chi connectivity index (χ0v) is 12.1. The molecule has 5 nitrogen and oxygen atoms in total. The Morgan fingerprint density at radius 2 is 1.68 bits per heavy atom. The maximum absolute atomic E-state index is 11.4. The van der Waals surface area contributed by atoms with E-state index >= 15 is 0 Å². The second kappa shape index (κ2) is 11.1. The van der Waals surface area contributed by atoms with Crippen LogP contribution in [0.1, 0.15) is 44.9 Å². The summed E-state index contributed by atoms with van der Waals surface area (Å²) in [5, 5.41) is 5.61. The van der Waals surface area contributed by atoms with Gasteiger partial charge in [-0.25, -0.2) is 4.79 Å². The zero-order valence-electron chi connectivity index (χ0n) is 12.1. The zero-order chi connectivity index (χ0) is 13.8. The van der Waals surface area contributed by atoms with E-state index in [1.165, 1.54) is 32.1 Å². The van der Waals surface area contributed by atoms with Crippen LogP contribution in [0.4, 0.5) is 4.79 Å². The Morgan fingerprint density at radius 3 is 2.32 bits per heavy atom. The lowest BCUT2D eigenvalue weighted by molar-refractivity contribution is 0.0275. The SMILES string of the molecule is COCCCNC(=O)NCCCOC1CCCCC1. The van der Waals surface area contributed by atoms with Crippen molar-refractivity contribution in [3.05, 3.63) is 0 Å². The first-order chi connectivity index (χ1) is 9.33. The minimum atomic E-state index is -0.103. The van der Waals surface area contributed by atoms with Gasteiger partial charge >= 0.3 is 6.03 Å². The normalized spacial score (nSPS) is 16.3. The Morgan fingerprint density at radius 1 is 1.05 bits per heavy atom. The van der Waals surface area contributed by atoms with Gasteiger partial charge in [0.05, 0.1) is 6.10 Å². The third kappa shape index (κ3) is 8.83. The number of ether oxygens (including phenoxy) is 2. The van der Waals surface area contributed by atoms with Gasteiger partial charge in [-0.15, -0.1) is 0 Å². The maximum Gasteiger partial charge on any atom is 0.314 e. The topological polar surface area (TPSA) is 59.6 Å². The molecule has 0 bridgehead atoms. The molecular formula is C14H28N2O3. The van der Waals surface area contributed by atoms with Crippen LogP contribution in [0.15, 0.2) is 0 Å². The molecule has 1 saturated carbocycles. The lowest BCUT2D eigenvalue weighted by Gasteiger charge is -2.21. The number of amides is 2. The second-order valence-corrected chi connectivity index (χ2v) is 5.01. The number of rotatable bonds is 9. The summed E-state index contributed by atoms with van der Waals surface area (Å²) >= 11 is 0. The van der Waals surface area contributed by atoms with Gasteiger partial charge in [0.2, 0.25) is 0 Å². The highest BCUT2D eigenvalue weighted by molar-refractivity contribution is 5.73. The van der Waals surface area contributed by atoms with Gasteiger partial charge in [0.1, 0.15) is 0 Å². The number of nitrogens with one attached hydrogen (secondary N) is 2. The molecule has 0 saturated heterocycles. The van der Waals surface area contributed by atoms with Crippen LogP contribution in [-0.4, -0.2) is 45.5 Å². The van der Waals surface area contributed by atoms with Crippen molar-refractivity contribution in [1.82, 2.24) is 10.6 Å². The Labute approximate surface area is 116 Å². The fourth-order valence-corrected chi connectivity index (χ4v) is 2.24. The second-order valence-electron chi connectivity index (χ2n) is 5.01. The fourth-order valence-electron chi connectivity index (χ4n) is 2.24. The molecule has 112 valence electrons. The van der Waals surface area contributed by atoms with Crippen molar-refractivity contribution in [3.63, 3.8) is 0 Å². The summed E-state index contributed by atoms with van der Waals surface area (Å²) in [6.45, 7) is 2.74. The number of carbonyl (C=O) groups is 1. The molecule has 1 fully saturated rings. The molecule has 0 atom stereocenters. The number of urea groups is 1. The summed E-state index contributed by atoms with van der Waals surface area (Å²) in [6, 6.07) is -0.103. The van der Waals surface area contributed by atoms with E-state index in [1.807, 2.05) is 0 Å². The quantitative estimate of drug-likeness (QED) is 0.632. The van der Waals surface area contributed by atoms with Crippen LogP contribution in [0.3, 0.4) is 0 Å². The molecule has 0 radical (unpaired) electrons. The largest absolute Gasteiger partial charge is 0.385 e. The van der Waals surface area contributed by atoms with E-state index < -0.39 is 0 Å². The van der Waals surface area contributed by atoms with Crippen molar-refractivity contribution < 1.29 is 14.3 Å². The molecule has 0 heterocycles. The Balaban J connectivity index is 1.85. The average Bonchev–Trinajstić information content (AvgIpc) is 2.44. The van der Waals surface area contributed by atoms with E-state index in [-0.39, 0.29) is 6.03 Å². The minimum absolute atomic E-state index is 0.103. The Kier molecular flexibility index (Phi) is 9.45. The summed E-state index contributed by atoms with van der Waals surface area (Å²) in [4.78, 5) is 11.4. The number of carbonyl (C=O) groups excluding carboxylic acids is 1. The van der Waals surface area contributed by atoms with Crippen LogP contribution in [0.5, 0.6) is 0 Å². The number of hydrogen-bond acceptors (Lipinski definition) is 3. The van der Waals surface area contributed by atoms with Crippen LogP contribution >= 0.6 is 0 Å². The average molecular weight is 272 g/mol. The van der Waals surface area contributed by atoms with Gasteiger partial charge in [0.25, 0.3) is 0 Å². The van der Waals surface area contributed by atoms with Crippen LogP contribution < -0.4 is 10.6 Å². The summed E-state index contributed by atoms with van der Waals surface area (Å²) in [7, 11) is 1.66. The first-order valence-corrected chi connectivity index (χ1v) is 7.45.